The molecule has 1 saturated heterocycles. The summed E-state index contributed by atoms with van der Waals surface area (Å²) in [5.41, 5.74) is 0. The number of hydrogen-bond acceptors (Lipinski definition) is 11. The fourth-order valence-electron chi connectivity index (χ4n) is 7.60. The van der Waals surface area contributed by atoms with Crippen LogP contribution >= 0.6 is 0 Å². The summed E-state index contributed by atoms with van der Waals surface area (Å²) in [5, 5.41) is 31.4. The number of aliphatic hydroxyl groups excluding tert-OH is 2. The van der Waals surface area contributed by atoms with Gasteiger partial charge in [-0.2, -0.15) is 0 Å². The van der Waals surface area contributed by atoms with Crippen molar-refractivity contribution in [2.45, 2.75) is 237 Å². The zero-order chi connectivity index (χ0) is 53.3. The number of carboxylic acid groups (broad SMARTS) is 1. The van der Waals surface area contributed by atoms with Crippen LogP contribution in [0, 0.1) is 0 Å². The van der Waals surface area contributed by atoms with E-state index in [0.29, 0.717) is 25.7 Å². The molecule has 1 fully saturated rings. The van der Waals surface area contributed by atoms with Crippen LogP contribution in [0.1, 0.15) is 201 Å². The first-order valence-electron chi connectivity index (χ1n) is 27.9. The van der Waals surface area contributed by atoms with Gasteiger partial charge in [-0.25, -0.2) is 4.79 Å². The zero-order valence-corrected chi connectivity index (χ0v) is 45.1. The van der Waals surface area contributed by atoms with Crippen LogP contribution in [-0.4, -0.2) is 89.2 Å². The van der Waals surface area contributed by atoms with Gasteiger partial charge in [0.05, 0.1) is 6.61 Å². The minimum absolute atomic E-state index is 0.0293. The minimum Gasteiger partial charge on any atom is -0.479 e. The van der Waals surface area contributed by atoms with Crippen molar-refractivity contribution in [1.82, 2.24) is 0 Å². The summed E-state index contributed by atoms with van der Waals surface area (Å²) in [5.74, 6) is -3.29. The molecule has 0 amide bonds. The Hall–Kier alpha value is -4.62. The van der Waals surface area contributed by atoms with E-state index in [4.69, 9.17) is 23.7 Å². The maximum atomic E-state index is 13.1. The van der Waals surface area contributed by atoms with Crippen LogP contribution in [0.5, 0.6) is 0 Å². The predicted octanol–water partition coefficient (Wildman–Crippen LogP) is 13.9. The molecule has 12 heteroatoms. The molecule has 6 atom stereocenters. The molecule has 0 saturated carbocycles. The normalized spacial score (nSPS) is 19.2. The third-order valence-corrected chi connectivity index (χ3v) is 11.8. The van der Waals surface area contributed by atoms with Gasteiger partial charge < -0.3 is 39.0 Å². The van der Waals surface area contributed by atoms with Crippen molar-refractivity contribution in [1.29, 1.82) is 0 Å². The lowest BCUT2D eigenvalue weighted by atomic mass is 9.98. The smallest absolute Gasteiger partial charge is 0.335 e. The molecule has 3 N–H and O–H groups in total. The molecule has 12 nitrogen and oxygen atoms in total. The zero-order valence-electron chi connectivity index (χ0n) is 45.1. The number of rotatable bonds is 45. The molecule has 0 aromatic rings. The molecule has 0 aliphatic carbocycles. The van der Waals surface area contributed by atoms with Gasteiger partial charge in [0, 0.05) is 19.3 Å². The van der Waals surface area contributed by atoms with Gasteiger partial charge in [0.2, 0.25) is 0 Å². The van der Waals surface area contributed by atoms with Crippen molar-refractivity contribution < 1.29 is 58.2 Å². The van der Waals surface area contributed by atoms with Gasteiger partial charge in [0.1, 0.15) is 18.8 Å². The van der Waals surface area contributed by atoms with Crippen molar-refractivity contribution in [2.75, 3.05) is 13.2 Å². The van der Waals surface area contributed by atoms with Gasteiger partial charge in [-0.1, -0.05) is 182 Å². The monoisotopic (exact) mass is 1020 g/mol. The molecule has 0 bridgehead atoms. The maximum absolute atomic E-state index is 13.1. The number of carboxylic acids is 1. The summed E-state index contributed by atoms with van der Waals surface area (Å²) >= 11 is 0. The van der Waals surface area contributed by atoms with E-state index in [0.717, 1.165) is 116 Å². The Bertz CT molecular complexity index is 1690. The molecular formula is C61H96O12. The third-order valence-electron chi connectivity index (χ3n) is 11.8. The second-order valence-corrected chi connectivity index (χ2v) is 18.4. The summed E-state index contributed by atoms with van der Waals surface area (Å²) in [6.45, 7) is 5.63. The summed E-state index contributed by atoms with van der Waals surface area (Å²) < 4.78 is 28.2. The Balaban J connectivity index is 2.77. The minimum atomic E-state index is -1.92. The van der Waals surface area contributed by atoms with E-state index in [1.807, 2.05) is 12.2 Å². The highest BCUT2D eigenvalue weighted by atomic mass is 16.7. The van der Waals surface area contributed by atoms with Crippen LogP contribution < -0.4 is 0 Å². The van der Waals surface area contributed by atoms with Crippen molar-refractivity contribution in [3.05, 3.63) is 109 Å². The van der Waals surface area contributed by atoms with E-state index < -0.39 is 67.3 Å². The van der Waals surface area contributed by atoms with Crippen LogP contribution in [0.2, 0.25) is 0 Å². The van der Waals surface area contributed by atoms with Gasteiger partial charge in [-0.15, -0.1) is 0 Å². The first-order valence-corrected chi connectivity index (χ1v) is 27.9. The first kappa shape index (κ1) is 66.4. The number of esters is 3. The molecule has 0 aromatic carbocycles. The van der Waals surface area contributed by atoms with E-state index in [9.17, 15) is 34.5 Å². The molecule has 0 spiro atoms. The number of ether oxygens (including phenoxy) is 5. The van der Waals surface area contributed by atoms with Gasteiger partial charge in [0.25, 0.3) is 0 Å². The SMILES string of the molecule is CC/C=C\C/C=C\C/C=C\C/C=C\CCC(=O)OC(COC(=O)CCCCCCC/C=C\C/C=C\C/C=C\CC)COC1OC(C(=O)O)C(O)C(O)C1OC(=O)CCCCCCC/C=C\C/C=C\CCCCC. The van der Waals surface area contributed by atoms with Gasteiger partial charge in [0.15, 0.2) is 24.6 Å². The summed E-state index contributed by atoms with van der Waals surface area (Å²) in [6.07, 6.45) is 52.2. The number of carbonyl (C=O) groups is 4. The number of unbranched alkanes of at least 4 members (excludes halogenated alkanes) is 13. The molecule has 0 radical (unpaired) electrons. The number of carbonyl (C=O) groups excluding carboxylic acids is 3. The molecule has 1 aliphatic rings. The molecular weight excluding hydrogens is 925 g/mol. The van der Waals surface area contributed by atoms with Crippen LogP contribution in [0.3, 0.4) is 0 Å². The quantitative estimate of drug-likeness (QED) is 0.0228. The Morgan fingerprint density at radius 3 is 1.37 bits per heavy atom. The Morgan fingerprint density at radius 2 is 0.890 bits per heavy atom. The molecule has 1 heterocycles. The van der Waals surface area contributed by atoms with E-state index >= 15 is 0 Å². The van der Waals surface area contributed by atoms with E-state index in [-0.39, 0.29) is 25.9 Å². The third kappa shape index (κ3) is 38.6. The molecule has 1 aliphatic heterocycles. The average Bonchev–Trinajstić information content (AvgIpc) is 3.37. The highest BCUT2D eigenvalue weighted by molar-refractivity contribution is 5.74. The Kier molecular flexibility index (Phi) is 44.0. The summed E-state index contributed by atoms with van der Waals surface area (Å²) in [7, 11) is 0. The van der Waals surface area contributed by atoms with Gasteiger partial charge >= 0.3 is 23.9 Å². The molecule has 0 aromatic heterocycles. The van der Waals surface area contributed by atoms with E-state index in [2.05, 4.69) is 118 Å². The second kappa shape index (κ2) is 48.3. The number of hydrogen-bond donors (Lipinski definition) is 3. The molecule has 1 rings (SSSR count). The largest absolute Gasteiger partial charge is 0.479 e. The highest BCUT2D eigenvalue weighted by Gasteiger charge is 2.50. The lowest BCUT2D eigenvalue weighted by Crippen LogP contribution is -2.61. The molecule has 73 heavy (non-hydrogen) atoms. The van der Waals surface area contributed by atoms with Crippen LogP contribution in [0.15, 0.2) is 109 Å². The lowest BCUT2D eigenvalue weighted by molar-refractivity contribution is -0.301. The van der Waals surface area contributed by atoms with Crippen molar-refractivity contribution >= 4 is 23.9 Å². The van der Waals surface area contributed by atoms with E-state index in [1.54, 1.807) is 0 Å². The predicted molar refractivity (Wildman–Crippen MR) is 294 cm³/mol. The maximum Gasteiger partial charge on any atom is 0.335 e. The highest BCUT2D eigenvalue weighted by Crippen LogP contribution is 2.26. The molecule has 412 valence electrons. The van der Waals surface area contributed by atoms with Crippen molar-refractivity contribution in [3.63, 3.8) is 0 Å². The lowest BCUT2D eigenvalue weighted by Gasteiger charge is -2.40. The second-order valence-electron chi connectivity index (χ2n) is 18.4. The van der Waals surface area contributed by atoms with Crippen LogP contribution in [0.4, 0.5) is 0 Å². The first-order chi connectivity index (χ1) is 35.6. The fourth-order valence-corrected chi connectivity index (χ4v) is 7.60. The Labute approximate surface area is 440 Å². The molecule has 6 unspecified atom stereocenters. The number of aliphatic carboxylic acids is 1. The number of allylic oxidation sites excluding steroid dienone is 18. The topological polar surface area (TPSA) is 175 Å². The van der Waals surface area contributed by atoms with Crippen molar-refractivity contribution in [3.8, 4) is 0 Å². The Morgan fingerprint density at radius 1 is 0.466 bits per heavy atom. The van der Waals surface area contributed by atoms with Gasteiger partial charge in [-0.3, -0.25) is 14.4 Å². The summed E-state index contributed by atoms with van der Waals surface area (Å²) in [6, 6.07) is 0. The number of aliphatic hydroxyl groups is 2. The average molecular weight is 1020 g/mol. The van der Waals surface area contributed by atoms with Crippen LogP contribution in [-0.2, 0) is 42.9 Å². The summed E-state index contributed by atoms with van der Waals surface area (Å²) in [4.78, 5) is 51.0. The fraction of sp³-hybridized carbons (Fsp3) is 0.639. The van der Waals surface area contributed by atoms with Crippen LogP contribution in [0.25, 0.3) is 0 Å². The standard InChI is InChI=1S/C61H96O12/c1-4-7-10-13-16-19-22-25-27-30-32-35-38-41-44-47-53(62)69-50-52(71-54(63)48-45-42-39-36-33-29-24-21-18-15-12-9-6-3)51-70-61-59(57(66)56(65)58(73-61)60(67)68)72-55(64)49-46-43-40-37-34-31-28-26-23-20-17-14-11-8-5-2/h7,9-10,12,16-21,25-29,33,39,42,52,56-59,61,65-66H,4-6,8,11,13-15,22-24,30-32,34-38,40-41,43-51H2,1-3H3,(H,67,68)/b10-7-,12-9-,19-16-,20-17-,21-18-,27-25-,28-26-,33-29-,42-39-. The van der Waals surface area contributed by atoms with Gasteiger partial charge in [-0.05, 0) is 109 Å². The van der Waals surface area contributed by atoms with Crippen molar-refractivity contribution in [2.24, 2.45) is 0 Å². The van der Waals surface area contributed by atoms with E-state index in [1.165, 1.54) is 19.3 Å².